The standard InChI is InChI=1S/C14H12N4O2S2/c1-7-11(22-13(15)16-7)10-6-21-14(18-10)17-9-4-2-8(3-5-9)12(19)20/h2-6H,1H3,(H2,15,16)(H,17,18)(H,19,20). The van der Waals surface area contributed by atoms with Crippen LogP contribution in [0.4, 0.5) is 16.0 Å². The van der Waals surface area contributed by atoms with Gasteiger partial charge >= 0.3 is 5.97 Å². The van der Waals surface area contributed by atoms with E-state index in [4.69, 9.17) is 10.8 Å². The van der Waals surface area contributed by atoms with Crippen LogP contribution in [0.2, 0.25) is 0 Å². The predicted molar refractivity (Wildman–Crippen MR) is 89.1 cm³/mol. The van der Waals surface area contributed by atoms with Crippen molar-refractivity contribution in [2.45, 2.75) is 6.92 Å². The first-order chi connectivity index (χ1) is 10.5. The summed E-state index contributed by atoms with van der Waals surface area (Å²) in [5.41, 5.74) is 8.44. The van der Waals surface area contributed by atoms with Gasteiger partial charge in [0.05, 0.1) is 21.8 Å². The normalized spacial score (nSPS) is 10.6. The van der Waals surface area contributed by atoms with Gasteiger partial charge in [-0.2, -0.15) is 0 Å². The lowest BCUT2D eigenvalue weighted by Crippen LogP contribution is -1.96. The third kappa shape index (κ3) is 2.92. The molecule has 0 fully saturated rings. The zero-order valence-electron chi connectivity index (χ0n) is 11.5. The molecule has 0 aliphatic carbocycles. The number of nitrogen functional groups attached to an aromatic ring is 1. The molecule has 0 spiro atoms. The zero-order valence-corrected chi connectivity index (χ0v) is 13.2. The maximum absolute atomic E-state index is 10.8. The van der Waals surface area contributed by atoms with Gasteiger partial charge in [-0.25, -0.2) is 14.8 Å². The van der Waals surface area contributed by atoms with Crippen molar-refractivity contribution >= 4 is 44.6 Å². The number of carboxylic acid groups (broad SMARTS) is 1. The van der Waals surface area contributed by atoms with Crippen LogP contribution >= 0.6 is 22.7 Å². The molecule has 0 aliphatic rings. The minimum absolute atomic E-state index is 0.251. The van der Waals surface area contributed by atoms with Crippen LogP contribution in [0.5, 0.6) is 0 Å². The lowest BCUT2D eigenvalue weighted by Gasteiger charge is -2.02. The average Bonchev–Trinajstić information content (AvgIpc) is 3.06. The first-order valence-electron chi connectivity index (χ1n) is 6.32. The highest BCUT2D eigenvalue weighted by atomic mass is 32.1. The first kappa shape index (κ1) is 14.5. The first-order valence-corrected chi connectivity index (χ1v) is 8.02. The minimum Gasteiger partial charge on any atom is -0.478 e. The third-order valence-electron chi connectivity index (χ3n) is 2.93. The Hall–Kier alpha value is -2.45. The van der Waals surface area contributed by atoms with Crippen molar-refractivity contribution < 1.29 is 9.90 Å². The largest absolute Gasteiger partial charge is 0.478 e. The molecule has 0 atom stereocenters. The van der Waals surface area contributed by atoms with Crippen molar-refractivity contribution in [3.05, 3.63) is 40.9 Å². The number of aromatic carboxylic acids is 1. The summed E-state index contributed by atoms with van der Waals surface area (Å²) in [6.07, 6.45) is 0. The molecule has 0 saturated carbocycles. The number of nitrogens with zero attached hydrogens (tertiary/aromatic N) is 2. The van der Waals surface area contributed by atoms with Crippen LogP contribution < -0.4 is 11.1 Å². The number of nitrogens with two attached hydrogens (primary N) is 1. The van der Waals surface area contributed by atoms with Gasteiger partial charge in [0.1, 0.15) is 0 Å². The van der Waals surface area contributed by atoms with Crippen molar-refractivity contribution in [1.29, 1.82) is 0 Å². The minimum atomic E-state index is -0.943. The van der Waals surface area contributed by atoms with Crippen molar-refractivity contribution in [3.8, 4) is 10.6 Å². The highest BCUT2D eigenvalue weighted by molar-refractivity contribution is 7.19. The second-order valence-corrected chi connectivity index (χ2v) is 6.40. The van der Waals surface area contributed by atoms with Crippen LogP contribution in [0.1, 0.15) is 16.1 Å². The number of anilines is 3. The SMILES string of the molecule is Cc1nc(N)sc1-c1csc(Nc2ccc(C(=O)O)cc2)n1. The molecule has 0 aliphatic heterocycles. The highest BCUT2D eigenvalue weighted by Crippen LogP contribution is 2.34. The van der Waals surface area contributed by atoms with Gasteiger partial charge in [0.25, 0.3) is 0 Å². The summed E-state index contributed by atoms with van der Waals surface area (Å²) < 4.78 is 0. The number of carbonyl (C=O) groups is 1. The van der Waals surface area contributed by atoms with Gasteiger partial charge < -0.3 is 16.2 Å². The van der Waals surface area contributed by atoms with E-state index in [1.165, 1.54) is 22.7 Å². The molecule has 112 valence electrons. The maximum atomic E-state index is 10.8. The van der Waals surface area contributed by atoms with E-state index in [0.717, 1.165) is 27.1 Å². The van der Waals surface area contributed by atoms with Crippen LogP contribution in [0, 0.1) is 6.92 Å². The Bertz CT molecular complexity index is 824. The molecule has 2 aromatic heterocycles. The van der Waals surface area contributed by atoms with E-state index < -0.39 is 5.97 Å². The number of nitrogens with one attached hydrogen (secondary N) is 1. The molecule has 6 nitrogen and oxygen atoms in total. The predicted octanol–water partition coefficient (Wildman–Crippen LogP) is 3.60. The maximum Gasteiger partial charge on any atom is 0.335 e. The smallest absolute Gasteiger partial charge is 0.335 e. The molecule has 3 aromatic rings. The quantitative estimate of drug-likeness (QED) is 0.675. The lowest BCUT2D eigenvalue weighted by molar-refractivity contribution is 0.0697. The van der Waals surface area contributed by atoms with Gasteiger partial charge in [-0.1, -0.05) is 11.3 Å². The summed E-state index contributed by atoms with van der Waals surface area (Å²) in [7, 11) is 0. The number of aromatic nitrogens is 2. The molecule has 3 rings (SSSR count). The summed E-state index contributed by atoms with van der Waals surface area (Å²) in [5, 5.41) is 15.2. The fourth-order valence-electron chi connectivity index (χ4n) is 1.91. The third-order valence-corrected chi connectivity index (χ3v) is 4.70. The fraction of sp³-hybridized carbons (Fsp3) is 0.0714. The van der Waals surface area contributed by atoms with Gasteiger partial charge in [-0.05, 0) is 31.2 Å². The summed E-state index contributed by atoms with van der Waals surface area (Å²) in [5.74, 6) is -0.943. The Morgan fingerprint density at radius 3 is 2.59 bits per heavy atom. The van der Waals surface area contributed by atoms with E-state index in [-0.39, 0.29) is 5.56 Å². The number of aryl methyl sites for hydroxylation is 1. The number of rotatable bonds is 4. The molecule has 22 heavy (non-hydrogen) atoms. The molecule has 0 saturated heterocycles. The van der Waals surface area contributed by atoms with E-state index >= 15 is 0 Å². The van der Waals surface area contributed by atoms with Crippen molar-refractivity contribution in [1.82, 2.24) is 9.97 Å². The van der Waals surface area contributed by atoms with Crippen LogP contribution in [0.3, 0.4) is 0 Å². The van der Waals surface area contributed by atoms with E-state index in [0.29, 0.717) is 5.13 Å². The van der Waals surface area contributed by atoms with Crippen molar-refractivity contribution in [3.63, 3.8) is 0 Å². The van der Waals surface area contributed by atoms with Crippen LogP contribution in [0.15, 0.2) is 29.6 Å². The number of hydrogen-bond donors (Lipinski definition) is 3. The summed E-state index contributed by atoms with van der Waals surface area (Å²) in [4.78, 5) is 20.5. The van der Waals surface area contributed by atoms with E-state index in [1.807, 2.05) is 12.3 Å². The number of benzene rings is 1. The molecular formula is C14H12N4O2S2. The highest BCUT2D eigenvalue weighted by Gasteiger charge is 2.12. The van der Waals surface area contributed by atoms with Gasteiger partial charge in [-0.3, -0.25) is 0 Å². The van der Waals surface area contributed by atoms with E-state index in [9.17, 15) is 4.79 Å². The Labute approximate surface area is 134 Å². The molecule has 0 radical (unpaired) electrons. The van der Waals surface area contributed by atoms with Gasteiger partial charge in [-0.15, -0.1) is 11.3 Å². The molecule has 0 bridgehead atoms. The molecule has 8 heteroatoms. The average molecular weight is 332 g/mol. The summed E-state index contributed by atoms with van der Waals surface area (Å²) >= 11 is 2.88. The van der Waals surface area contributed by atoms with Gasteiger partial charge in [0, 0.05) is 11.1 Å². The Balaban J connectivity index is 1.79. The second-order valence-electron chi connectivity index (χ2n) is 4.51. The zero-order chi connectivity index (χ0) is 15.7. The Morgan fingerprint density at radius 1 is 1.27 bits per heavy atom. The monoisotopic (exact) mass is 332 g/mol. The molecule has 0 unspecified atom stereocenters. The van der Waals surface area contributed by atoms with Crippen molar-refractivity contribution in [2.75, 3.05) is 11.1 Å². The molecule has 0 amide bonds. The van der Waals surface area contributed by atoms with Crippen LogP contribution in [-0.4, -0.2) is 21.0 Å². The fourth-order valence-corrected chi connectivity index (χ4v) is 3.50. The topological polar surface area (TPSA) is 101 Å². The summed E-state index contributed by atoms with van der Waals surface area (Å²) in [6.45, 7) is 1.90. The second kappa shape index (κ2) is 5.74. The number of thiazole rings is 2. The number of carboxylic acids is 1. The lowest BCUT2D eigenvalue weighted by atomic mass is 10.2. The van der Waals surface area contributed by atoms with Crippen molar-refractivity contribution in [2.24, 2.45) is 0 Å². The van der Waals surface area contributed by atoms with Crippen LogP contribution in [0.25, 0.3) is 10.6 Å². The van der Waals surface area contributed by atoms with E-state index in [2.05, 4.69) is 15.3 Å². The van der Waals surface area contributed by atoms with Gasteiger partial charge in [0.2, 0.25) is 0 Å². The summed E-state index contributed by atoms with van der Waals surface area (Å²) in [6, 6.07) is 6.52. The van der Waals surface area contributed by atoms with Gasteiger partial charge in [0.15, 0.2) is 10.3 Å². The number of hydrogen-bond acceptors (Lipinski definition) is 7. The Morgan fingerprint density at radius 2 is 2.00 bits per heavy atom. The molecule has 2 heterocycles. The molecule has 1 aromatic carbocycles. The Kier molecular flexibility index (Phi) is 3.78. The molecular weight excluding hydrogens is 320 g/mol. The van der Waals surface area contributed by atoms with Crippen LogP contribution in [-0.2, 0) is 0 Å². The van der Waals surface area contributed by atoms with E-state index in [1.54, 1.807) is 24.3 Å². The molecule has 4 N–H and O–H groups in total.